The van der Waals surface area contributed by atoms with Crippen molar-refractivity contribution in [2.45, 2.75) is 0 Å². The van der Waals surface area contributed by atoms with Crippen LogP contribution in [0, 0.1) is 0 Å². The number of benzene rings is 1. The number of hydrogen-bond donors (Lipinski definition) is 2. The Kier molecular flexibility index (Phi) is 4.49. The molecule has 9 nitrogen and oxygen atoms in total. The molecule has 1 saturated heterocycles. The predicted molar refractivity (Wildman–Crippen MR) is 111 cm³/mol. The fourth-order valence-corrected chi connectivity index (χ4v) is 4.18. The number of nitrogens with one attached hydrogen (secondary N) is 1. The van der Waals surface area contributed by atoms with Crippen LogP contribution in [0.1, 0.15) is 0 Å². The maximum atomic E-state index is 10.3. The number of thiophene rings is 1. The van der Waals surface area contributed by atoms with Gasteiger partial charge in [0.15, 0.2) is 11.5 Å². The number of H-pyrrole nitrogens is 1. The number of nitrogens with zero attached hydrogens (tertiary/aromatic N) is 5. The van der Waals surface area contributed by atoms with Gasteiger partial charge in [-0.1, -0.05) is 0 Å². The fourth-order valence-electron chi connectivity index (χ4n) is 3.34. The first-order chi connectivity index (χ1) is 14.2. The van der Waals surface area contributed by atoms with Gasteiger partial charge in [0, 0.05) is 18.5 Å². The van der Waals surface area contributed by atoms with Crippen LogP contribution in [0.25, 0.3) is 21.1 Å². The van der Waals surface area contributed by atoms with Crippen molar-refractivity contribution in [3.8, 4) is 11.6 Å². The van der Waals surface area contributed by atoms with Gasteiger partial charge in [-0.25, -0.2) is 4.98 Å². The first kappa shape index (κ1) is 17.8. The van der Waals surface area contributed by atoms with Gasteiger partial charge >= 0.3 is 0 Å². The van der Waals surface area contributed by atoms with Crippen LogP contribution in [-0.2, 0) is 4.74 Å². The van der Waals surface area contributed by atoms with Gasteiger partial charge < -0.3 is 24.5 Å². The average Bonchev–Trinajstić information content (AvgIpc) is 3.35. The first-order valence-corrected chi connectivity index (χ1v) is 9.99. The largest absolute Gasteiger partial charge is 0.497 e. The van der Waals surface area contributed by atoms with Gasteiger partial charge in [0.1, 0.15) is 5.75 Å². The molecule has 3 aromatic heterocycles. The Morgan fingerprint density at radius 2 is 2.07 bits per heavy atom. The van der Waals surface area contributed by atoms with Crippen LogP contribution < -0.4 is 9.64 Å². The summed E-state index contributed by atoms with van der Waals surface area (Å²) in [6.07, 6.45) is 0. The van der Waals surface area contributed by atoms with E-state index in [1.165, 1.54) is 0 Å². The number of anilines is 1. The lowest BCUT2D eigenvalue weighted by Gasteiger charge is -2.28. The van der Waals surface area contributed by atoms with E-state index in [9.17, 15) is 5.11 Å². The van der Waals surface area contributed by atoms with Crippen molar-refractivity contribution in [3.05, 3.63) is 29.6 Å². The fraction of sp³-hybridized carbons (Fsp3) is 0.263. The van der Waals surface area contributed by atoms with Crippen molar-refractivity contribution < 1.29 is 14.6 Å². The van der Waals surface area contributed by atoms with Gasteiger partial charge in [0.05, 0.1) is 36.1 Å². The Balaban J connectivity index is 1.56. The zero-order chi connectivity index (χ0) is 19.8. The van der Waals surface area contributed by atoms with Crippen molar-refractivity contribution in [1.82, 2.24) is 15.0 Å². The molecule has 0 unspecified atom stereocenters. The van der Waals surface area contributed by atoms with E-state index in [1.54, 1.807) is 30.6 Å². The van der Waals surface area contributed by atoms with Gasteiger partial charge in [0.2, 0.25) is 5.88 Å². The van der Waals surface area contributed by atoms with E-state index in [4.69, 9.17) is 9.47 Å². The number of aromatic hydroxyl groups is 1. The summed E-state index contributed by atoms with van der Waals surface area (Å²) in [5, 5.41) is 21.4. The van der Waals surface area contributed by atoms with Gasteiger partial charge in [0.25, 0.3) is 5.95 Å². The number of ether oxygens (including phenoxy) is 2. The zero-order valence-electron chi connectivity index (χ0n) is 15.6. The van der Waals surface area contributed by atoms with Crippen molar-refractivity contribution in [2.24, 2.45) is 10.2 Å². The molecular weight excluding hydrogens is 392 g/mol. The van der Waals surface area contributed by atoms with Gasteiger partial charge in [-0.3, -0.25) is 0 Å². The molecular formula is C19H18N6O3S. The van der Waals surface area contributed by atoms with E-state index in [-0.39, 0.29) is 11.8 Å². The molecule has 0 bridgehead atoms. The summed E-state index contributed by atoms with van der Waals surface area (Å²) >= 11 is 1.60. The summed E-state index contributed by atoms with van der Waals surface area (Å²) in [5.41, 5.74) is 1.88. The minimum Gasteiger partial charge on any atom is -0.497 e. The summed E-state index contributed by atoms with van der Waals surface area (Å²) in [5.74, 6) is 1.68. The maximum absolute atomic E-state index is 10.3. The van der Waals surface area contributed by atoms with E-state index in [0.717, 1.165) is 34.6 Å². The molecule has 29 heavy (non-hydrogen) atoms. The summed E-state index contributed by atoms with van der Waals surface area (Å²) in [6.45, 7) is 2.87. The second kappa shape index (κ2) is 7.30. The number of fused-ring (bicyclic) bond motifs is 2. The quantitative estimate of drug-likeness (QED) is 0.490. The Bertz CT molecular complexity index is 1210. The van der Waals surface area contributed by atoms with Gasteiger partial charge in [-0.2, -0.15) is 4.98 Å². The van der Waals surface area contributed by atoms with Crippen LogP contribution in [0.4, 0.5) is 17.5 Å². The third-order valence-corrected chi connectivity index (χ3v) is 5.68. The number of aromatic amines is 1. The Morgan fingerprint density at radius 1 is 1.21 bits per heavy atom. The number of morpholine rings is 1. The van der Waals surface area contributed by atoms with Crippen LogP contribution in [0.5, 0.6) is 11.6 Å². The Labute approximate surface area is 169 Å². The van der Waals surface area contributed by atoms with E-state index >= 15 is 0 Å². The number of aromatic nitrogens is 3. The third kappa shape index (κ3) is 3.26. The van der Waals surface area contributed by atoms with E-state index in [1.807, 2.05) is 17.5 Å². The molecule has 4 aromatic rings. The third-order valence-electron chi connectivity index (χ3n) is 4.78. The molecule has 2 N–H and O–H groups in total. The summed E-state index contributed by atoms with van der Waals surface area (Å²) < 4.78 is 11.7. The number of methoxy groups -OCH3 is 1. The lowest BCUT2D eigenvalue weighted by atomic mass is 10.2. The van der Waals surface area contributed by atoms with Gasteiger partial charge in [-0.05, 0) is 29.6 Å². The molecule has 4 heterocycles. The smallest absolute Gasteiger partial charge is 0.271 e. The minimum absolute atomic E-state index is 0.0676. The van der Waals surface area contributed by atoms with E-state index in [2.05, 4.69) is 30.1 Å². The minimum atomic E-state index is -0.0676. The first-order valence-electron chi connectivity index (χ1n) is 9.11. The van der Waals surface area contributed by atoms with E-state index in [0.29, 0.717) is 30.0 Å². The predicted octanol–water partition coefficient (Wildman–Crippen LogP) is 4.14. The SMILES string of the molecule is COc1ccc2[nH]c(O)c(N=Nc3nc(N4CCOCC4)c4sccc4n3)c2c1. The van der Waals surface area contributed by atoms with Crippen molar-refractivity contribution in [1.29, 1.82) is 0 Å². The second-order valence-corrected chi connectivity index (χ2v) is 7.43. The van der Waals surface area contributed by atoms with Crippen LogP contribution in [0.3, 0.4) is 0 Å². The van der Waals surface area contributed by atoms with Crippen molar-refractivity contribution in [3.63, 3.8) is 0 Å². The molecule has 1 fully saturated rings. The number of rotatable bonds is 4. The lowest BCUT2D eigenvalue weighted by molar-refractivity contribution is 0.122. The lowest BCUT2D eigenvalue weighted by Crippen LogP contribution is -2.36. The monoisotopic (exact) mass is 410 g/mol. The summed E-state index contributed by atoms with van der Waals surface area (Å²) in [6, 6.07) is 7.36. The highest BCUT2D eigenvalue weighted by Crippen LogP contribution is 2.38. The topological polar surface area (TPSA) is 108 Å². The summed E-state index contributed by atoms with van der Waals surface area (Å²) in [4.78, 5) is 14.2. The molecule has 5 rings (SSSR count). The molecule has 1 aliphatic heterocycles. The Hall–Kier alpha value is -3.24. The molecule has 0 spiro atoms. The van der Waals surface area contributed by atoms with Crippen molar-refractivity contribution >= 4 is 49.9 Å². The average molecular weight is 410 g/mol. The van der Waals surface area contributed by atoms with Crippen LogP contribution >= 0.6 is 11.3 Å². The maximum Gasteiger partial charge on any atom is 0.271 e. The van der Waals surface area contributed by atoms with Gasteiger partial charge in [-0.15, -0.1) is 21.6 Å². The number of azo groups is 1. The normalized spacial score (nSPS) is 15.0. The molecule has 0 amide bonds. The molecule has 0 aliphatic carbocycles. The zero-order valence-corrected chi connectivity index (χ0v) is 16.4. The van der Waals surface area contributed by atoms with Crippen LogP contribution in [0.2, 0.25) is 0 Å². The number of hydrogen-bond acceptors (Lipinski definition) is 9. The highest BCUT2D eigenvalue weighted by atomic mass is 32.1. The molecule has 10 heteroatoms. The molecule has 0 atom stereocenters. The molecule has 1 aromatic carbocycles. The molecule has 1 aliphatic rings. The molecule has 0 saturated carbocycles. The van der Waals surface area contributed by atoms with Crippen LogP contribution in [-0.4, -0.2) is 53.5 Å². The highest BCUT2D eigenvalue weighted by Gasteiger charge is 2.18. The molecule has 0 radical (unpaired) electrons. The Morgan fingerprint density at radius 3 is 2.90 bits per heavy atom. The molecule has 148 valence electrons. The van der Waals surface area contributed by atoms with Crippen LogP contribution in [0.15, 0.2) is 39.9 Å². The van der Waals surface area contributed by atoms with E-state index < -0.39 is 0 Å². The standard InChI is InChI=1S/C19H18N6O3S/c1-27-11-2-3-13-12(10-11)15(18(26)20-13)23-24-19-21-14-4-9-29-16(14)17(22-19)25-5-7-28-8-6-25/h2-4,9-10,20,26H,5-8H2,1H3. The van der Waals surface area contributed by atoms with Crippen molar-refractivity contribution in [2.75, 3.05) is 38.3 Å². The summed E-state index contributed by atoms with van der Waals surface area (Å²) in [7, 11) is 1.59. The second-order valence-electron chi connectivity index (χ2n) is 6.52. The highest BCUT2D eigenvalue weighted by molar-refractivity contribution is 7.17.